The molecule has 0 aliphatic carbocycles. The highest BCUT2D eigenvalue weighted by atomic mass is 16.5. The third-order valence-corrected chi connectivity index (χ3v) is 2.73. The molecule has 0 spiro atoms. The molecular formula is C12H20N2O2. The van der Waals surface area contributed by atoms with E-state index in [1.165, 1.54) is 0 Å². The molecule has 1 rings (SSSR count). The van der Waals surface area contributed by atoms with Crippen LogP contribution in [-0.2, 0) is 4.74 Å². The van der Waals surface area contributed by atoms with Crippen molar-refractivity contribution in [1.29, 1.82) is 0 Å². The lowest BCUT2D eigenvalue weighted by Gasteiger charge is -2.24. The molecule has 0 radical (unpaired) electrons. The van der Waals surface area contributed by atoms with Gasteiger partial charge in [-0.15, -0.1) is 0 Å². The number of ether oxygens (including phenoxy) is 2. The van der Waals surface area contributed by atoms with Crippen LogP contribution in [0.5, 0.6) is 5.75 Å². The van der Waals surface area contributed by atoms with Gasteiger partial charge in [0.1, 0.15) is 5.75 Å². The molecule has 3 N–H and O–H groups in total. The minimum absolute atomic E-state index is 0.000839. The van der Waals surface area contributed by atoms with Crippen molar-refractivity contribution in [2.24, 2.45) is 5.84 Å². The van der Waals surface area contributed by atoms with Crippen LogP contribution in [0, 0.1) is 0 Å². The van der Waals surface area contributed by atoms with E-state index in [0.717, 1.165) is 17.7 Å². The molecule has 90 valence electrons. The van der Waals surface area contributed by atoms with Crippen molar-refractivity contribution in [2.45, 2.75) is 25.5 Å². The number of methoxy groups -OCH3 is 2. The molecule has 4 heteroatoms. The van der Waals surface area contributed by atoms with Gasteiger partial charge in [0.25, 0.3) is 0 Å². The second-order valence-corrected chi connectivity index (χ2v) is 3.60. The summed E-state index contributed by atoms with van der Waals surface area (Å²) in [6.07, 6.45) is 0.968. The van der Waals surface area contributed by atoms with E-state index in [-0.39, 0.29) is 12.1 Å². The van der Waals surface area contributed by atoms with E-state index in [1.807, 2.05) is 24.3 Å². The molecule has 0 aliphatic rings. The Labute approximate surface area is 96.7 Å². The van der Waals surface area contributed by atoms with E-state index in [4.69, 9.17) is 15.3 Å². The Bertz CT molecular complexity index is 296. The largest absolute Gasteiger partial charge is 0.497 e. The Morgan fingerprint density at radius 1 is 1.25 bits per heavy atom. The number of rotatable bonds is 6. The van der Waals surface area contributed by atoms with Gasteiger partial charge in [-0.3, -0.25) is 11.3 Å². The maximum absolute atomic E-state index is 5.57. The van der Waals surface area contributed by atoms with Crippen LogP contribution in [0.25, 0.3) is 0 Å². The van der Waals surface area contributed by atoms with E-state index < -0.39 is 0 Å². The lowest BCUT2D eigenvalue weighted by atomic mass is 10.00. The standard InChI is InChI=1S/C12H20N2O2/c1-4-11(16-3)12(14-13)9-5-7-10(15-2)8-6-9/h5-8,11-12,14H,4,13H2,1-3H3. The van der Waals surface area contributed by atoms with Crippen molar-refractivity contribution in [2.75, 3.05) is 14.2 Å². The van der Waals surface area contributed by atoms with E-state index in [2.05, 4.69) is 12.3 Å². The summed E-state index contributed by atoms with van der Waals surface area (Å²) in [6, 6.07) is 7.82. The molecule has 0 saturated heterocycles. The molecule has 0 aliphatic heterocycles. The highest BCUT2D eigenvalue weighted by molar-refractivity contribution is 5.29. The fraction of sp³-hybridized carbons (Fsp3) is 0.500. The molecule has 0 fully saturated rings. The van der Waals surface area contributed by atoms with Crippen molar-refractivity contribution in [3.05, 3.63) is 29.8 Å². The molecule has 2 atom stereocenters. The number of hydrogen-bond donors (Lipinski definition) is 2. The molecule has 0 bridgehead atoms. The van der Waals surface area contributed by atoms with Crippen LogP contribution in [-0.4, -0.2) is 20.3 Å². The summed E-state index contributed by atoms with van der Waals surface area (Å²) in [5, 5.41) is 0. The van der Waals surface area contributed by atoms with Gasteiger partial charge in [0, 0.05) is 7.11 Å². The number of hydrazine groups is 1. The van der Waals surface area contributed by atoms with Gasteiger partial charge in [-0.1, -0.05) is 19.1 Å². The summed E-state index contributed by atoms with van der Waals surface area (Å²) >= 11 is 0. The second-order valence-electron chi connectivity index (χ2n) is 3.60. The molecule has 2 unspecified atom stereocenters. The van der Waals surface area contributed by atoms with Crippen LogP contribution in [0.1, 0.15) is 24.9 Å². The van der Waals surface area contributed by atoms with Gasteiger partial charge in [0.2, 0.25) is 0 Å². The van der Waals surface area contributed by atoms with E-state index >= 15 is 0 Å². The Morgan fingerprint density at radius 3 is 2.25 bits per heavy atom. The first kappa shape index (κ1) is 13.0. The van der Waals surface area contributed by atoms with Gasteiger partial charge >= 0.3 is 0 Å². The van der Waals surface area contributed by atoms with Crippen molar-refractivity contribution in [3.8, 4) is 5.75 Å². The van der Waals surface area contributed by atoms with E-state index in [1.54, 1.807) is 14.2 Å². The third-order valence-electron chi connectivity index (χ3n) is 2.73. The highest BCUT2D eigenvalue weighted by Crippen LogP contribution is 2.22. The monoisotopic (exact) mass is 224 g/mol. The van der Waals surface area contributed by atoms with Gasteiger partial charge in [0.15, 0.2) is 0 Å². The van der Waals surface area contributed by atoms with E-state index in [0.29, 0.717) is 0 Å². The first-order valence-corrected chi connectivity index (χ1v) is 5.39. The molecular weight excluding hydrogens is 204 g/mol. The molecule has 4 nitrogen and oxygen atoms in total. The maximum atomic E-state index is 5.57. The molecule has 16 heavy (non-hydrogen) atoms. The molecule has 0 amide bonds. The molecule has 0 heterocycles. The van der Waals surface area contributed by atoms with Gasteiger partial charge in [-0.05, 0) is 24.1 Å². The fourth-order valence-corrected chi connectivity index (χ4v) is 1.77. The van der Waals surface area contributed by atoms with Crippen molar-refractivity contribution < 1.29 is 9.47 Å². The summed E-state index contributed by atoms with van der Waals surface area (Å²) in [6.45, 7) is 2.07. The second kappa shape index (κ2) is 6.48. The van der Waals surface area contributed by atoms with Crippen LogP contribution in [0.3, 0.4) is 0 Å². The average Bonchev–Trinajstić information content (AvgIpc) is 2.36. The first-order chi connectivity index (χ1) is 7.76. The number of nitrogens with two attached hydrogens (primary N) is 1. The molecule has 1 aromatic rings. The van der Waals surface area contributed by atoms with Crippen LogP contribution >= 0.6 is 0 Å². The zero-order valence-electron chi connectivity index (χ0n) is 10.1. The fourth-order valence-electron chi connectivity index (χ4n) is 1.77. The lowest BCUT2D eigenvalue weighted by Crippen LogP contribution is -2.37. The van der Waals surface area contributed by atoms with Crippen molar-refractivity contribution in [3.63, 3.8) is 0 Å². The molecule has 0 aromatic heterocycles. The van der Waals surface area contributed by atoms with Crippen LogP contribution in [0.4, 0.5) is 0 Å². The first-order valence-electron chi connectivity index (χ1n) is 5.39. The van der Waals surface area contributed by atoms with Crippen LogP contribution in [0.15, 0.2) is 24.3 Å². The minimum atomic E-state index is 0.000839. The van der Waals surface area contributed by atoms with Gasteiger partial charge < -0.3 is 9.47 Å². The van der Waals surface area contributed by atoms with Gasteiger partial charge in [-0.2, -0.15) is 0 Å². The maximum Gasteiger partial charge on any atom is 0.118 e. The van der Waals surface area contributed by atoms with Gasteiger partial charge in [-0.25, -0.2) is 0 Å². The Kier molecular flexibility index (Phi) is 5.25. The number of nitrogens with one attached hydrogen (secondary N) is 1. The number of hydrogen-bond acceptors (Lipinski definition) is 4. The average molecular weight is 224 g/mol. The zero-order chi connectivity index (χ0) is 12.0. The summed E-state index contributed by atoms with van der Waals surface area (Å²) in [5.74, 6) is 6.40. The predicted molar refractivity (Wildman–Crippen MR) is 64.1 cm³/mol. The van der Waals surface area contributed by atoms with Crippen molar-refractivity contribution in [1.82, 2.24) is 5.43 Å². The zero-order valence-corrected chi connectivity index (χ0v) is 10.1. The SMILES string of the molecule is CCC(OC)C(NN)c1ccc(OC)cc1. The van der Waals surface area contributed by atoms with Crippen LogP contribution < -0.4 is 16.0 Å². The minimum Gasteiger partial charge on any atom is -0.497 e. The third kappa shape index (κ3) is 2.95. The summed E-state index contributed by atoms with van der Waals surface area (Å²) in [7, 11) is 3.35. The summed E-state index contributed by atoms with van der Waals surface area (Å²) in [4.78, 5) is 0. The molecule has 0 saturated carbocycles. The topological polar surface area (TPSA) is 56.5 Å². The number of benzene rings is 1. The Morgan fingerprint density at radius 2 is 1.88 bits per heavy atom. The lowest BCUT2D eigenvalue weighted by molar-refractivity contribution is 0.0651. The summed E-state index contributed by atoms with van der Waals surface area (Å²) in [5.41, 5.74) is 3.89. The van der Waals surface area contributed by atoms with Crippen molar-refractivity contribution >= 4 is 0 Å². The Balaban J connectivity index is 2.85. The predicted octanol–water partition coefficient (Wildman–Crippen LogP) is 1.62. The van der Waals surface area contributed by atoms with E-state index in [9.17, 15) is 0 Å². The summed E-state index contributed by atoms with van der Waals surface area (Å²) < 4.78 is 10.5. The van der Waals surface area contributed by atoms with Crippen LogP contribution in [0.2, 0.25) is 0 Å². The highest BCUT2D eigenvalue weighted by Gasteiger charge is 2.19. The van der Waals surface area contributed by atoms with Gasteiger partial charge in [0.05, 0.1) is 19.3 Å². The Hall–Kier alpha value is -1.10. The molecule has 1 aromatic carbocycles. The quantitative estimate of drug-likeness (QED) is 0.569. The smallest absolute Gasteiger partial charge is 0.118 e. The normalized spacial score (nSPS) is 14.5.